The smallest absolute Gasteiger partial charge is 0.161 e. The minimum atomic E-state index is 0.356. The average Bonchev–Trinajstić information content (AvgIpc) is 2.80. The third-order valence-corrected chi connectivity index (χ3v) is 4.73. The molecule has 0 saturated carbocycles. The molecule has 0 atom stereocenters. The van der Waals surface area contributed by atoms with E-state index in [2.05, 4.69) is 34.8 Å². The minimum absolute atomic E-state index is 0.356. The summed E-state index contributed by atoms with van der Waals surface area (Å²) in [5, 5.41) is 1.74. The standard InChI is InChI=1S/C14H17BrN2O2S/c1-7(2)14-17-12(13(16)20-14)8-5-10(18-3)11(19-4)6-9(8)15/h5-7H,16H2,1-4H3. The van der Waals surface area contributed by atoms with Crippen LogP contribution >= 0.6 is 27.3 Å². The fourth-order valence-corrected chi connectivity index (χ4v) is 3.19. The number of nitrogen functional groups attached to an aromatic ring is 1. The second-order valence-corrected chi connectivity index (χ2v) is 6.52. The molecule has 20 heavy (non-hydrogen) atoms. The van der Waals surface area contributed by atoms with Crippen molar-refractivity contribution in [3.63, 3.8) is 0 Å². The van der Waals surface area contributed by atoms with Crippen LogP contribution in [0.1, 0.15) is 24.8 Å². The molecule has 0 unspecified atom stereocenters. The first kappa shape index (κ1) is 15.1. The lowest BCUT2D eigenvalue weighted by Gasteiger charge is -2.11. The summed E-state index contributed by atoms with van der Waals surface area (Å²) in [6.45, 7) is 4.21. The first-order valence-electron chi connectivity index (χ1n) is 6.16. The molecule has 2 N–H and O–H groups in total. The van der Waals surface area contributed by atoms with Gasteiger partial charge in [0, 0.05) is 16.0 Å². The van der Waals surface area contributed by atoms with E-state index in [1.54, 1.807) is 14.2 Å². The van der Waals surface area contributed by atoms with E-state index < -0.39 is 0 Å². The van der Waals surface area contributed by atoms with Crippen LogP contribution in [0.15, 0.2) is 16.6 Å². The summed E-state index contributed by atoms with van der Waals surface area (Å²) in [7, 11) is 3.22. The largest absolute Gasteiger partial charge is 0.493 e. The number of nitrogens with zero attached hydrogens (tertiary/aromatic N) is 1. The van der Waals surface area contributed by atoms with Gasteiger partial charge in [-0.25, -0.2) is 4.98 Å². The maximum Gasteiger partial charge on any atom is 0.161 e. The van der Waals surface area contributed by atoms with E-state index in [1.165, 1.54) is 11.3 Å². The predicted molar refractivity (Wildman–Crippen MR) is 86.9 cm³/mol. The van der Waals surface area contributed by atoms with Gasteiger partial charge in [-0.3, -0.25) is 0 Å². The van der Waals surface area contributed by atoms with Gasteiger partial charge in [0.1, 0.15) is 10.7 Å². The van der Waals surface area contributed by atoms with Crippen molar-refractivity contribution < 1.29 is 9.47 Å². The molecule has 0 fully saturated rings. The number of methoxy groups -OCH3 is 2. The summed E-state index contributed by atoms with van der Waals surface area (Å²) in [5.74, 6) is 1.68. The van der Waals surface area contributed by atoms with Crippen LogP contribution in [0.3, 0.4) is 0 Å². The lowest BCUT2D eigenvalue weighted by atomic mass is 10.1. The van der Waals surface area contributed by atoms with Crippen LogP contribution in [-0.2, 0) is 0 Å². The molecule has 4 nitrogen and oxygen atoms in total. The van der Waals surface area contributed by atoms with Crippen molar-refractivity contribution in [2.75, 3.05) is 20.0 Å². The third-order valence-electron chi connectivity index (χ3n) is 2.89. The van der Waals surface area contributed by atoms with Crippen molar-refractivity contribution in [2.45, 2.75) is 19.8 Å². The van der Waals surface area contributed by atoms with Crippen molar-refractivity contribution in [1.29, 1.82) is 0 Å². The molecular formula is C14H17BrN2O2S. The Balaban J connectivity index is 2.57. The average molecular weight is 357 g/mol. The van der Waals surface area contributed by atoms with Gasteiger partial charge in [-0.05, 0) is 28.1 Å². The number of halogens is 1. The van der Waals surface area contributed by atoms with Crippen LogP contribution in [-0.4, -0.2) is 19.2 Å². The van der Waals surface area contributed by atoms with E-state index in [9.17, 15) is 0 Å². The van der Waals surface area contributed by atoms with Crippen molar-refractivity contribution >= 4 is 32.3 Å². The number of hydrogen-bond donors (Lipinski definition) is 1. The molecule has 0 aliphatic carbocycles. The Labute approximate surface area is 131 Å². The number of anilines is 1. The van der Waals surface area contributed by atoms with Gasteiger partial charge in [0.2, 0.25) is 0 Å². The monoisotopic (exact) mass is 356 g/mol. The molecule has 0 bridgehead atoms. The second-order valence-electron chi connectivity index (χ2n) is 4.61. The zero-order valence-corrected chi connectivity index (χ0v) is 14.3. The van der Waals surface area contributed by atoms with Crippen LogP contribution in [0.4, 0.5) is 5.00 Å². The van der Waals surface area contributed by atoms with Crippen molar-refractivity contribution in [1.82, 2.24) is 4.98 Å². The highest BCUT2D eigenvalue weighted by Crippen LogP contribution is 2.42. The maximum atomic E-state index is 6.11. The number of ether oxygens (including phenoxy) is 2. The Bertz CT molecular complexity index is 626. The first-order chi connectivity index (χ1) is 9.47. The Morgan fingerprint density at radius 3 is 2.30 bits per heavy atom. The van der Waals surface area contributed by atoms with Gasteiger partial charge in [-0.15, -0.1) is 11.3 Å². The molecule has 1 aromatic heterocycles. The maximum absolute atomic E-state index is 6.11. The molecule has 2 aromatic rings. The normalized spacial score (nSPS) is 10.9. The molecule has 0 aliphatic heterocycles. The second kappa shape index (κ2) is 6.01. The lowest BCUT2D eigenvalue weighted by molar-refractivity contribution is 0.355. The van der Waals surface area contributed by atoms with Crippen molar-refractivity contribution in [2.24, 2.45) is 0 Å². The fourth-order valence-electron chi connectivity index (χ4n) is 1.82. The molecule has 6 heteroatoms. The summed E-state index contributed by atoms with van der Waals surface area (Å²) < 4.78 is 11.5. The number of thiazole rings is 1. The number of nitrogens with two attached hydrogens (primary N) is 1. The third kappa shape index (κ3) is 2.76. The predicted octanol–water partition coefficient (Wildman–Crippen LogP) is 4.30. The molecule has 108 valence electrons. The molecule has 0 spiro atoms. The van der Waals surface area contributed by atoms with Crippen LogP contribution in [0.2, 0.25) is 0 Å². The minimum Gasteiger partial charge on any atom is -0.493 e. The van der Waals surface area contributed by atoms with Gasteiger partial charge in [0.15, 0.2) is 11.5 Å². The number of aromatic nitrogens is 1. The Hall–Kier alpha value is -1.27. The van der Waals surface area contributed by atoms with Crippen LogP contribution in [0.25, 0.3) is 11.3 Å². The van der Waals surface area contributed by atoms with Crippen molar-refractivity contribution in [3.05, 3.63) is 21.6 Å². The van der Waals surface area contributed by atoms with E-state index in [4.69, 9.17) is 15.2 Å². The molecule has 0 aliphatic rings. The van der Waals surface area contributed by atoms with Crippen LogP contribution in [0.5, 0.6) is 11.5 Å². The zero-order chi connectivity index (χ0) is 14.9. The van der Waals surface area contributed by atoms with Gasteiger partial charge in [0.05, 0.1) is 19.2 Å². The van der Waals surface area contributed by atoms with E-state index in [0.29, 0.717) is 22.4 Å². The lowest BCUT2D eigenvalue weighted by Crippen LogP contribution is -1.94. The van der Waals surface area contributed by atoms with Crippen molar-refractivity contribution in [3.8, 4) is 22.8 Å². The molecular weight excluding hydrogens is 340 g/mol. The van der Waals surface area contributed by atoms with Gasteiger partial charge in [-0.1, -0.05) is 13.8 Å². The fraction of sp³-hybridized carbons (Fsp3) is 0.357. The molecule has 1 heterocycles. The van der Waals surface area contributed by atoms with Crippen LogP contribution in [0, 0.1) is 0 Å². The topological polar surface area (TPSA) is 57.4 Å². The molecule has 0 amide bonds. The summed E-state index contributed by atoms with van der Waals surface area (Å²) in [5.41, 5.74) is 7.79. The van der Waals surface area contributed by atoms with Gasteiger partial charge in [-0.2, -0.15) is 0 Å². The number of rotatable bonds is 4. The summed E-state index contributed by atoms with van der Waals surface area (Å²) in [6, 6.07) is 3.75. The Morgan fingerprint density at radius 2 is 1.80 bits per heavy atom. The van der Waals surface area contributed by atoms with E-state index in [-0.39, 0.29) is 0 Å². The number of hydrogen-bond acceptors (Lipinski definition) is 5. The number of benzene rings is 1. The van der Waals surface area contributed by atoms with E-state index in [1.807, 2.05) is 12.1 Å². The first-order valence-corrected chi connectivity index (χ1v) is 7.77. The molecule has 0 saturated heterocycles. The molecule has 2 rings (SSSR count). The highest BCUT2D eigenvalue weighted by Gasteiger charge is 2.18. The van der Waals surface area contributed by atoms with E-state index in [0.717, 1.165) is 20.7 Å². The SMILES string of the molecule is COc1cc(Br)c(-c2nc(C(C)C)sc2N)cc1OC. The Kier molecular flexibility index (Phi) is 4.55. The van der Waals surface area contributed by atoms with Crippen LogP contribution < -0.4 is 15.2 Å². The highest BCUT2D eigenvalue weighted by atomic mass is 79.9. The molecule has 1 aromatic carbocycles. The van der Waals surface area contributed by atoms with Gasteiger partial charge < -0.3 is 15.2 Å². The molecule has 0 radical (unpaired) electrons. The highest BCUT2D eigenvalue weighted by molar-refractivity contribution is 9.10. The zero-order valence-electron chi connectivity index (χ0n) is 11.9. The quantitative estimate of drug-likeness (QED) is 0.887. The Morgan fingerprint density at radius 1 is 1.20 bits per heavy atom. The van der Waals surface area contributed by atoms with Gasteiger partial charge >= 0.3 is 0 Å². The van der Waals surface area contributed by atoms with E-state index >= 15 is 0 Å². The summed E-state index contributed by atoms with van der Waals surface area (Å²) >= 11 is 5.07. The summed E-state index contributed by atoms with van der Waals surface area (Å²) in [4.78, 5) is 4.64. The summed E-state index contributed by atoms with van der Waals surface area (Å²) in [6.07, 6.45) is 0. The van der Waals surface area contributed by atoms with Gasteiger partial charge in [0.25, 0.3) is 0 Å².